The Balaban J connectivity index is 1.50. The van der Waals surface area contributed by atoms with Crippen LogP contribution in [0.15, 0.2) is 80.3 Å². The summed E-state index contributed by atoms with van der Waals surface area (Å²) in [5.41, 5.74) is 2.47. The minimum atomic E-state index is -0.698. The highest BCUT2D eigenvalue weighted by Crippen LogP contribution is 2.56. The third-order valence-electron chi connectivity index (χ3n) is 7.72. The third kappa shape index (κ3) is 3.84. The topological polar surface area (TPSA) is 91.8 Å². The standard InChI is InChI=1S/C28H18Br2INO5/c29-12-1-8-21(33)18(9-12)23-15-6-7-16-24(17(15)10-19-25(23)22(34)11-20(30)26(19)35)28(37)32(27(16)36)14-4-2-13(31)3-5-14/h1-6,8-9,11,16-17,23-24,33H,7,10H2/t16-,17+,23+,24-/m0/s1. The van der Waals surface area contributed by atoms with Crippen molar-refractivity contribution >= 4 is 83.5 Å². The van der Waals surface area contributed by atoms with Crippen molar-refractivity contribution in [2.24, 2.45) is 17.8 Å². The van der Waals surface area contributed by atoms with Crippen LogP contribution in [0.4, 0.5) is 5.69 Å². The molecule has 186 valence electrons. The number of Topliss-reactive ketones (excluding diaryl/α,β-unsaturated/α-hetero) is 1. The summed E-state index contributed by atoms with van der Waals surface area (Å²) in [5, 5.41) is 10.8. The number of ketones is 2. The molecule has 0 radical (unpaired) electrons. The van der Waals surface area contributed by atoms with E-state index in [9.17, 15) is 24.3 Å². The quantitative estimate of drug-likeness (QED) is 0.185. The fourth-order valence-electron chi connectivity index (χ4n) is 6.16. The van der Waals surface area contributed by atoms with Crippen molar-refractivity contribution in [1.82, 2.24) is 0 Å². The first-order chi connectivity index (χ1) is 17.7. The monoisotopic (exact) mass is 733 g/mol. The molecule has 0 bridgehead atoms. The zero-order chi connectivity index (χ0) is 26.2. The summed E-state index contributed by atoms with van der Waals surface area (Å²) < 4.78 is 1.87. The van der Waals surface area contributed by atoms with E-state index in [1.165, 1.54) is 11.0 Å². The van der Waals surface area contributed by atoms with Crippen molar-refractivity contribution in [1.29, 1.82) is 0 Å². The van der Waals surface area contributed by atoms with Gasteiger partial charge in [-0.1, -0.05) is 27.6 Å². The number of carbonyl (C=O) groups is 4. The summed E-state index contributed by atoms with van der Waals surface area (Å²) in [5.74, 6) is -3.53. The van der Waals surface area contributed by atoms with E-state index >= 15 is 0 Å². The lowest BCUT2D eigenvalue weighted by Gasteiger charge is -2.42. The van der Waals surface area contributed by atoms with E-state index in [1.807, 2.05) is 18.2 Å². The first kappa shape index (κ1) is 24.9. The first-order valence-corrected chi connectivity index (χ1v) is 14.3. The Kier molecular flexibility index (Phi) is 6.15. The van der Waals surface area contributed by atoms with Gasteiger partial charge in [0.2, 0.25) is 11.8 Å². The van der Waals surface area contributed by atoms with Gasteiger partial charge in [-0.25, -0.2) is 0 Å². The molecular weight excluding hydrogens is 717 g/mol. The van der Waals surface area contributed by atoms with Crippen molar-refractivity contribution in [3.63, 3.8) is 0 Å². The van der Waals surface area contributed by atoms with Crippen LogP contribution in [0, 0.1) is 21.3 Å². The van der Waals surface area contributed by atoms with Gasteiger partial charge in [0.25, 0.3) is 0 Å². The molecule has 2 aromatic rings. The lowest BCUT2D eigenvalue weighted by atomic mass is 9.59. The van der Waals surface area contributed by atoms with Crippen molar-refractivity contribution < 1.29 is 24.3 Å². The van der Waals surface area contributed by atoms with E-state index in [4.69, 9.17) is 0 Å². The molecule has 6 rings (SSSR count). The Morgan fingerprint density at radius 1 is 0.946 bits per heavy atom. The molecule has 0 aromatic heterocycles. The molecule has 0 saturated carbocycles. The highest BCUT2D eigenvalue weighted by molar-refractivity contribution is 14.1. The Hall–Kier alpha value is -2.37. The summed E-state index contributed by atoms with van der Waals surface area (Å²) in [6, 6.07) is 12.2. The number of phenolic OH excluding ortho intramolecular Hbond substituents is 1. The van der Waals surface area contributed by atoms with Gasteiger partial charge in [0.1, 0.15) is 5.75 Å². The molecule has 4 aliphatic rings. The number of imide groups is 1. The highest BCUT2D eigenvalue weighted by Gasteiger charge is 2.56. The maximum absolute atomic E-state index is 13.9. The van der Waals surface area contributed by atoms with Gasteiger partial charge < -0.3 is 5.11 Å². The van der Waals surface area contributed by atoms with Gasteiger partial charge >= 0.3 is 0 Å². The molecule has 2 aromatic carbocycles. The summed E-state index contributed by atoms with van der Waals surface area (Å²) >= 11 is 8.85. The van der Waals surface area contributed by atoms with Crippen LogP contribution in [0.2, 0.25) is 0 Å². The van der Waals surface area contributed by atoms with Crippen molar-refractivity contribution in [3.05, 3.63) is 89.4 Å². The maximum atomic E-state index is 13.9. The first-order valence-electron chi connectivity index (χ1n) is 11.7. The van der Waals surface area contributed by atoms with Gasteiger partial charge in [0, 0.05) is 36.7 Å². The van der Waals surface area contributed by atoms with E-state index in [1.54, 1.807) is 30.3 Å². The molecule has 1 saturated heterocycles. The highest BCUT2D eigenvalue weighted by atomic mass is 127. The smallest absolute Gasteiger partial charge is 0.238 e. The van der Waals surface area contributed by atoms with Gasteiger partial charge in [-0.05, 0) is 99.7 Å². The Labute approximate surface area is 242 Å². The van der Waals surface area contributed by atoms with Crippen LogP contribution in [-0.4, -0.2) is 28.5 Å². The lowest BCUT2D eigenvalue weighted by Crippen LogP contribution is -2.39. The largest absolute Gasteiger partial charge is 0.508 e. The number of rotatable bonds is 2. The van der Waals surface area contributed by atoms with Crippen molar-refractivity contribution in [2.75, 3.05) is 4.90 Å². The number of nitrogens with zero attached hydrogens (tertiary/aromatic N) is 1. The minimum Gasteiger partial charge on any atom is -0.508 e. The van der Waals surface area contributed by atoms with Crippen molar-refractivity contribution in [3.8, 4) is 5.75 Å². The second kappa shape index (κ2) is 9.13. The molecule has 1 heterocycles. The fourth-order valence-corrected chi connectivity index (χ4v) is 7.35. The van der Waals surface area contributed by atoms with E-state index < -0.39 is 23.7 Å². The van der Waals surface area contributed by atoms with Gasteiger partial charge in [0.15, 0.2) is 11.6 Å². The molecule has 4 atom stereocenters. The number of allylic oxidation sites excluding steroid dienone is 6. The van der Waals surface area contributed by atoms with Crippen LogP contribution in [-0.2, 0) is 19.2 Å². The summed E-state index contributed by atoms with van der Waals surface area (Å²) in [6.07, 6.45) is 3.74. The normalized spacial score (nSPS) is 27.1. The van der Waals surface area contributed by atoms with Crippen molar-refractivity contribution in [2.45, 2.75) is 18.8 Å². The molecule has 37 heavy (non-hydrogen) atoms. The predicted octanol–water partition coefficient (Wildman–Crippen LogP) is 5.73. The number of hydrogen-bond donors (Lipinski definition) is 1. The molecule has 0 spiro atoms. The second-order valence-corrected chi connectivity index (χ2v) is 12.6. The van der Waals surface area contributed by atoms with Crippen LogP contribution >= 0.6 is 54.5 Å². The number of halogens is 3. The zero-order valence-corrected chi connectivity index (χ0v) is 24.4. The number of benzene rings is 2. The van der Waals surface area contributed by atoms with Gasteiger partial charge in [-0.3, -0.25) is 24.1 Å². The number of amides is 2. The average Bonchev–Trinajstić information content (AvgIpc) is 3.13. The Morgan fingerprint density at radius 2 is 1.68 bits per heavy atom. The molecule has 1 aliphatic heterocycles. The van der Waals surface area contributed by atoms with Gasteiger partial charge in [0.05, 0.1) is 22.0 Å². The molecule has 1 fully saturated rings. The third-order valence-corrected chi connectivity index (χ3v) is 9.52. The fraction of sp³-hybridized carbons (Fsp3) is 0.214. The summed E-state index contributed by atoms with van der Waals surface area (Å²) in [4.78, 5) is 55.2. The zero-order valence-electron chi connectivity index (χ0n) is 19.1. The number of fused-ring (bicyclic) bond motifs is 3. The van der Waals surface area contributed by atoms with E-state index in [0.717, 1.165) is 9.14 Å². The minimum absolute atomic E-state index is 0.00747. The number of aromatic hydroxyl groups is 1. The van der Waals surface area contributed by atoms with Gasteiger partial charge in [-0.2, -0.15) is 0 Å². The molecule has 6 nitrogen and oxygen atoms in total. The Bertz CT molecular complexity index is 1520. The molecule has 9 heteroatoms. The molecular formula is C28H18Br2INO5. The summed E-state index contributed by atoms with van der Waals surface area (Å²) in [6.45, 7) is 0. The van der Waals surface area contributed by atoms with Gasteiger partial charge in [-0.15, -0.1) is 0 Å². The van der Waals surface area contributed by atoms with Crippen LogP contribution in [0.3, 0.4) is 0 Å². The molecule has 2 amide bonds. The predicted molar refractivity (Wildman–Crippen MR) is 152 cm³/mol. The second-order valence-electron chi connectivity index (χ2n) is 9.59. The van der Waals surface area contributed by atoms with Crippen LogP contribution in [0.1, 0.15) is 24.3 Å². The molecule has 1 N–H and O–H groups in total. The summed E-state index contributed by atoms with van der Waals surface area (Å²) in [7, 11) is 0. The van der Waals surface area contributed by atoms with E-state index in [0.29, 0.717) is 33.3 Å². The van der Waals surface area contributed by atoms with Crippen LogP contribution < -0.4 is 4.90 Å². The lowest BCUT2D eigenvalue weighted by molar-refractivity contribution is -0.123. The number of carbonyl (C=O) groups excluding carboxylic acids is 4. The van der Waals surface area contributed by atoms with E-state index in [-0.39, 0.29) is 40.0 Å². The maximum Gasteiger partial charge on any atom is 0.238 e. The number of anilines is 1. The number of hydrogen-bond acceptors (Lipinski definition) is 5. The number of phenols is 1. The Morgan fingerprint density at radius 3 is 2.41 bits per heavy atom. The van der Waals surface area contributed by atoms with Crippen LogP contribution in [0.25, 0.3) is 0 Å². The van der Waals surface area contributed by atoms with Crippen LogP contribution in [0.5, 0.6) is 5.75 Å². The SMILES string of the molecule is O=C1C=C(Br)C(=O)C2=C1[C@@H](c1cc(Br)ccc1O)C1=CC[C@@H]3C(=O)N(c4ccc(I)cc4)C(=O)[C@@H]3[C@@H]1C2. The molecule has 3 aliphatic carbocycles. The van der Waals surface area contributed by atoms with E-state index in [2.05, 4.69) is 54.5 Å². The molecule has 0 unspecified atom stereocenters. The average molecular weight is 735 g/mol.